The molecule has 8 nitrogen and oxygen atoms in total. The number of anilines is 1. The molecule has 1 saturated heterocycles. The zero-order valence-electron chi connectivity index (χ0n) is 20.0. The number of nitrogens with zero attached hydrogens (tertiary/aromatic N) is 3. The Balaban J connectivity index is 1.39. The van der Waals surface area contributed by atoms with Crippen LogP contribution in [0.3, 0.4) is 0 Å². The Morgan fingerprint density at radius 3 is 2.50 bits per heavy atom. The second-order valence-electron chi connectivity index (χ2n) is 9.43. The molecule has 1 fully saturated rings. The van der Waals surface area contributed by atoms with Crippen molar-refractivity contribution < 1.29 is 17.9 Å². The van der Waals surface area contributed by atoms with Crippen LogP contribution in [0.1, 0.15) is 23.6 Å². The molecular weight excluding hydrogens is 452 g/mol. The highest BCUT2D eigenvalue weighted by molar-refractivity contribution is 7.89. The van der Waals surface area contributed by atoms with Gasteiger partial charge in [-0.05, 0) is 49.2 Å². The Kier molecular flexibility index (Phi) is 6.70. The zero-order chi connectivity index (χ0) is 23.7. The van der Waals surface area contributed by atoms with Crippen molar-refractivity contribution >= 4 is 15.7 Å². The van der Waals surface area contributed by atoms with E-state index < -0.39 is 10.0 Å². The third kappa shape index (κ3) is 4.88. The molecule has 0 spiro atoms. The zero-order valence-corrected chi connectivity index (χ0v) is 20.8. The van der Waals surface area contributed by atoms with Crippen LogP contribution in [0.4, 0.5) is 5.69 Å². The molecule has 5 rings (SSSR count). The molecule has 34 heavy (non-hydrogen) atoms. The average Bonchev–Trinajstić information content (AvgIpc) is 2.85. The van der Waals surface area contributed by atoms with Crippen LogP contribution in [0.5, 0.6) is 11.5 Å². The monoisotopic (exact) mass is 486 g/mol. The van der Waals surface area contributed by atoms with Gasteiger partial charge >= 0.3 is 0 Å². The highest BCUT2D eigenvalue weighted by Gasteiger charge is 2.28. The van der Waals surface area contributed by atoms with E-state index >= 15 is 0 Å². The lowest BCUT2D eigenvalue weighted by Gasteiger charge is -2.39. The van der Waals surface area contributed by atoms with Gasteiger partial charge in [0.1, 0.15) is 13.2 Å². The third-order valence-electron chi connectivity index (χ3n) is 7.11. The van der Waals surface area contributed by atoms with Crippen LogP contribution in [-0.4, -0.2) is 84.8 Å². The summed E-state index contributed by atoms with van der Waals surface area (Å²) in [6.45, 7) is 6.04. The van der Waals surface area contributed by atoms with Crippen molar-refractivity contribution in [1.29, 1.82) is 0 Å². The van der Waals surface area contributed by atoms with Gasteiger partial charge in [-0.2, -0.15) is 0 Å². The van der Waals surface area contributed by atoms with Crippen molar-refractivity contribution in [3.05, 3.63) is 47.5 Å². The van der Waals surface area contributed by atoms with Crippen LogP contribution in [0.25, 0.3) is 0 Å². The summed E-state index contributed by atoms with van der Waals surface area (Å²) in [4.78, 5) is 7.22. The van der Waals surface area contributed by atoms with Gasteiger partial charge in [-0.1, -0.05) is 12.1 Å². The van der Waals surface area contributed by atoms with Crippen LogP contribution in [0.2, 0.25) is 0 Å². The molecule has 0 unspecified atom stereocenters. The molecule has 1 atom stereocenters. The number of rotatable bonds is 6. The quantitative estimate of drug-likeness (QED) is 0.670. The summed E-state index contributed by atoms with van der Waals surface area (Å²) < 4.78 is 40.5. The van der Waals surface area contributed by atoms with Crippen LogP contribution < -0.4 is 19.1 Å². The van der Waals surface area contributed by atoms with Gasteiger partial charge in [0.2, 0.25) is 10.0 Å². The summed E-state index contributed by atoms with van der Waals surface area (Å²) in [5.74, 6) is 1.06. The fourth-order valence-electron chi connectivity index (χ4n) is 5.07. The molecule has 9 heteroatoms. The van der Waals surface area contributed by atoms with E-state index in [1.165, 1.54) is 16.8 Å². The average molecular weight is 487 g/mol. The largest absolute Gasteiger partial charge is 0.486 e. The maximum Gasteiger partial charge on any atom is 0.240 e. The molecular formula is C25H34N4O4S. The Labute approximate surface area is 202 Å². The SMILES string of the molecule is CN1CCN([C@@H](CNS(=O)(=O)c2ccc3c(c2)OCCO3)c2ccc3c(c2)CCCN3C)CC1. The van der Waals surface area contributed by atoms with Crippen molar-refractivity contribution in [2.75, 3.05) is 71.5 Å². The Morgan fingerprint density at radius 2 is 1.71 bits per heavy atom. The third-order valence-corrected chi connectivity index (χ3v) is 8.53. The van der Waals surface area contributed by atoms with Gasteiger partial charge in [0.25, 0.3) is 0 Å². The first-order valence-corrected chi connectivity index (χ1v) is 13.5. The molecule has 184 valence electrons. The first-order valence-electron chi connectivity index (χ1n) is 12.1. The van der Waals surface area contributed by atoms with Crippen LogP contribution >= 0.6 is 0 Å². The first-order chi connectivity index (χ1) is 16.4. The van der Waals surface area contributed by atoms with Gasteiger partial charge in [0, 0.05) is 64.1 Å². The molecule has 3 heterocycles. The fourth-order valence-corrected chi connectivity index (χ4v) is 6.12. The van der Waals surface area contributed by atoms with Crippen molar-refractivity contribution in [2.45, 2.75) is 23.8 Å². The van der Waals surface area contributed by atoms with Gasteiger partial charge in [0.15, 0.2) is 11.5 Å². The smallest absolute Gasteiger partial charge is 0.240 e. The van der Waals surface area contributed by atoms with E-state index in [0.717, 1.165) is 45.6 Å². The van der Waals surface area contributed by atoms with Gasteiger partial charge in [-0.25, -0.2) is 13.1 Å². The standard InChI is InChI=1S/C25H34N4O4S/c1-27-10-12-29(13-11-27)23(20-5-7-22-19(16-20)4-3-9-28(22)2)18-26-34(30,31)21-6-8-24-25(17-21)33-15-14-32-24/h5-8,16-17,23,26H,3-4,9-15,18H2,1-2H3/t23-/m0/s1. The molecule has 3 aliphatic rings. The van der Waals surface area contributed by atoms with E-state index in [9.17, 15) is 8.42 Å². The van der Waals surface area contributed by atoms with E-state index in [0.29, 0.717) is 31.3 Å². The number of piperazine rings is 1. The number of hydrogen-bond donors (Lipinski definition) is 1. The number of nitrogens with one attached hydrogen (secondary N) is 1. The lowest BCUT2D eigenvalue weighted by Crippen LogP contribution is -2.48. The molecule has 3 aliphatic heterocycles. The Bertz CT molecular complexity index is 1130. The number of hydrogen-bond acceptors (Lipinski definition) is 7. The predicted molar refractivity (Wildman–Crippen MR) is 132 cm³/mol. The van der Waals surface area contributed by atoms with Crippen LogP contribution in [-0.2, 0) is 16.4 Å². The maximum absolute atomic E-state index is 13.2. The number of likely N-dealkylation sites (N-methyl/N-ethyl adjacent to an activating group) is 1. The van der Waals surface area contributed by atoms with Crippen molar-refractivity contribution in [1.82, 2.24) is 14.5 Å². The summed E-state index contributed by atoms with van der Waals surface area (Å²) in [6, 6.07) is 11.4. The minimum Gasteiger partial charge on any atom is -0.486 e. The lowest BCUT2D eigenvalue weighted by molar-refractivity contribution is 0.113. The van der Waals surface area contributed by atoms with Crippen molar-refractivity contribution in [3.8, 4) is 11.5 Å². The van der Waals surface area contributed by atoms with Gasteiger partial charge < -0.3 is 19.3 Å². The number of benzene rings is 2. The summed E-state index contributed by atoms with van der Waals surface area (Å²) in [6.07, 6.45) is 2.20. The predicted octanol–water partition coefficient (Wildman–Crippen LogP) is 2.11. The van der Waals surface area contributed by atoms with E-state index in [1.807, 2.05) is 0 Å². The Hall–Kier alpha value is -2.33. The number of sulfonamides is 1. The normalized spacial score (nSPS) is 20.1. The highest BCUT2D eigenvalue weighted by atomic mass is 32.2. The fraction of sp³-hybridized carbons (Fsp3) is 0.520. The van der Waals surface area contributed by atoms with E-state index in [2.05, 4.69) is 51.7 Å². The molecule has 2 aromatic carbocycles. The minimum atomic E-state index is -3.70. The topological polar surface area (TPSA) is 74.3 Å². The summed E-state index contributed by atoms with van der Waals surface area (Å²) in [5.41, 5.74) is 3.80. The Morgan fingerprint density at radius 1 is 0.941 bits per heavy atom. The van der Waals surface area contributed by atoms with Gasteiger partial charge in [-0.15, -0.1) is 0 Å². The second kappa shape index (κ2) is 9.73. The molecule has 1 N–H and O–H groups in total. The summed E-state index contributed by atoms with van der Waals surface area (Å²) in [5, 5.41) is 0. The van der Waals surface area contributed by atoms with E-state index in [4.69, 9.17) is 9.47 Å². The highest BCUT2D eigenvalue weighted by Crippen LogP contribution is 2.33. The number of ether oxygens (including phenoxy) is 2. The number of fused-ring (bicyclic) bond motifs is 2. The van der Waals surface area contributed by atoms with E-state index in [-0.39, 0.29) is 10.9 Å². The second-order valence-corrected chi connectivity index (χ2v) is 11.2. The minimum absolute atomic E-state index is 0.0294. The summed E-state index contributed by atoms with van der Waals surface area (Å²) >= 11 is 0. The van der Waals surface area contributed by atoms with Crippen LogP contribution in [0, 0.1) is 0 Å². The first kappa shape index (κ1) is 23.4. The molecule has 0 radical (unpaired) electrons. The molecule has 0 bridgehead atoms. The molecule has 0 amide bonds. The number of aryl methyl sites for hydroxylation is 1. The van der Waals surface area contributed by atoms with E-state index in [1.54, 1.807) is 18.2 Å². The molecule has 0 aliphatic carbocycles. The van der Waals surface area contributed by atoms with Crippen LogP contribution in [0.15, 0.2) is 41.3 Å². The molecule has 0 saturated carbocycles. The van der Waals surface area contributed by atoms with Crippen molar-refractivity contribution in [3.63, 3.8) is 0 Å². The maximum atomic E-state index is 13.2. The van der Waals surface area contributed by atoms with Gasteiger partial charge in [0.05, 0.1) is 4.90 Å². The molecule has 2 aromatic rings. The summed E-state index contributed by atoms with van der Waals surface area (Å²) in [7, 11) is 0.563. The lowest BCUT2D eigenvalue weighted by atomic mass is 9.95. The van der Waals surface area contributed by atoms with Crippen molar-refractivity contribution in [2.24, 2.45) is 0 Å². The molecule has 0 aromatic heterocycles. The van der Waals surface area contributed by atoms with Gasteiger partial charge in [-0.3, -0.25) is 4.90 Å².